The predicted molar refractivity (Wildman–Crippen MR) is 172 cm³/mol. The Kier molecular flexibility index (Phi) is 10.6. The number of hydrogen-bond acceptors (Lipinski definition) is 5. The Hall–Kier alpha value is -3.56. The van der Waals surface area contributed by atoms with E-state index in [-0.39, 0.29) is 12.1 Å². The van der Waals surface area contributed by atoms with E-state index in [2.05, 4.69) is 44.1 Å². The lowest BCUT2D eigenvalue weighted by atomic mass is 9.89. The minimum Gasteiger partial charge on any atom is -0.457 e. The molecule has 2 aliphatic rings. The second-order valence-corrected chi connectivity index (χ2v) is 13.7. The van der Waals surface area contributed by atoms with Gasteiger partial charge in [0.1, 0.15) is 11.5 Å². The van der Waals surface area contributed by atoms with Gasteiger partial charge in [0.2, 0.25) is 10.0 Å². The van der Waals surface area contributed by atoms with Crippen molar-refractivity contribution in [1.82, 2.24) is 15.1 Å². The van der Waals surface area contributed by atoms with Crippen LogP contribution < -0.4 is 14.8 Å². The number of anilines is 1. The molecule has 3 aromatic carbocycles. The molecule has 2 N–H and O–H groups in total. The highest BCUT2D eigenvalue weighted by atomic mass is 32.2. The molecule has 1 aliphatic carbocycles. The molecule has 1 aliphatic heterocycles. The molecule has 1 saturated heterocycles. The average molecular weight is 605 g/mol. The van der Waals surface area contributed by atoms with Gasteiger partial charge in [-0.3, -0.25) is 9.62 Å². The molecule has 2 amide bonds. The van der Waals surface area contributed by atoms with Crippen LogP contribution in [0.1, 0.15) is 56.1 Å². The van der Waals surface area contributed by atoms with E-state index in [0.717, 1.165) is 51.0 Å². The van der Waals surface area contributed by atoms with Gasteiger partial charge in [0.05, 0.1) is 6.26 Å². The van der Waals surface area contributed by atoms with Crippen molar-refractivity contribution in [3.05, 3.63) is 90.0 Å². The van der Waals surface area contributed by atoms with Crippen molar-refractivity contribution in [1.29, 1.82) is 0 Å². The van der Waals surface area contributed by atoms with Crippen molar-refractivity contribution >= 4 is 21.7 Å². The molecule has 230 valence electrons. The Morgan fingerprint density at radius 3 is 2.09 bits per heavy atom. The van der Waals surface area contributed by atoms with Gasteiger partial charge in [0.25, 0.3) is 0 Å². The number of piperidine rings is 1. The van der Waals surface area contributed by atoms with Crippen molar-refractivity contribution in [3.63, 3.8) is 0 Å². The maximum atomic E-state index is 13.5. The Balaban J connectivity index is 1.12. The molecular formula is C34H44N4O4S. The molecule has 0 aromatic heterocycles. The summed E-state index contributed by atoms with van der Waals surface area (Å²) in [5, 5.41) is 3.29. The Labute approximate surface area is 256 Å². The summed E-state index contributed by atoms with van der Waals surface area (Å²) in [5.41, 5.74) is 2.88. The lowest BCUT2D eigenvalue weighted by molar-refractivity contribution is 0.112. The highest BCUT2D eigenvalue weighted by molar-refractivity contribution is 7.92. The summed E-state index contributed by atoms with van der Waals surface area (Å²) in [6.07, 6.45) is 9.37. The van der Waals surface area contributed by atoms with Gasteiger partial charge in [-0.05, 0) is 79.1 Å². The van der Waals surface area contributed by atoms with E-state index >= 15 is 0 Å². The van der Waals surface area contributed by atoms with Gasteiger partial charge in [-0.2, -0.15) is 0 Å². The maximum absolute atomic E-state index is 13.5. The standard InChI is InChI=1S/C34H44N4O4S/c1-43(40,41)36-30-14-18-33(19-15-30)42-32-16-12-29(13-17-32)25-37-22-20-31(21-23-37)38(26-28-10-6-3-7-11-28)34(39)35-24-27-8-4-2-5-9-27/h3,6-7,10-19,27,31,36H,2,4-5,8-9,20-26H2,1H3,(H,35,39). The van der Waals surface area contributed by atoms with Gasteiger partial charge in [0, 0.05) is 44.5 Å². The van der Waals surface area contributed by atoms with E-state index in [9.17, 15) is 13.2 Å². The fraction of sp³-hybridized carbons (Fsp3) is 0.441. The van der Waals surface area contributed by atoms with E-state index in [0.29, 0.717) is 23.9 Å². The third-order valence-electron chi connectivity index (χ3n) is 8.44. The number of nitrogens with one attached hydrogen (secondary N) is 2. The number of ether oxygens (including phenoxy) is 1. The lowest BCUT2D eigenvalue weighted by Gasteiger charge is -2.39. The fourth-order valence-corrected chi connectivity index (χ4v) is 6.69. The molecule has 1 saturated carbocycles. The number of urea groups is 1. The first-order valence-electron chi connectivity index (χ1n) is 15.5. The van der Waals surface area contributed by atoms with Crippen molar-refractivity contribution < 1.29 is 17.9 Å². The molecule has 8 nitrogen and oxygen atoms in total. The molecule has 2 fully saturated rings. The summed E-state index contributed by atoms with van der Waals surface area (Å²) >= 11 is 0. The van der Waals surface area contributed by atoms with Crippen LogP contribution in [0, 0.1) is 5.92 Å². The molecular weight excluding hydrogens is 560 g/mol. The quantitative estimate of drug-likeness (QED) is 0.257. The summed E-state index contributed by atoms with van der Waals surface area (Å²) in [4.78, 5) is 18.0. The molecule has 0 spiro atoms. The highest BCUT2D eigenvalue weighted by Crippen LogP contribution is 2.26. The van der Waals surface area contributed by atoms with Gasteiger partial charge in [-0.1, -0.05) is 61.7 Å². The zero-order valence-electron chi connectivity index (χ0n) is 25.1. The van der Waals surface area contributed by atoms with Gasteiger partial charge in [-0.25, -0.2) is 13.2 Å². The normalized spacial score (nSPS) is 16.9. The van der Waals surface area contributed by atoms with E-state index in [1.165, 1.54) is 43.2 Å². The molecule has 0 radical (unpaired) electrons. The number of carbonyl (C=O) groups excluding carboxylic acids is 1. The number of carbonyl (C=O) groups is 1. The summed E-state index contributed by atoms with van der Waals surface area (Å²) in [5.74, 6) is 1.97. The van der Waals surface area contributed by atoms with E-state index < -0.39 is 10.0 Å². The van der Waals surface area contributed by atoms with Crippen LogP contribution in [0.25, 0.3) is 0 Å². The SMILES string of the molecule is CS(=O)(=O)Nc1ccc(Oc2ccc(CN3CCC(N(Cc4ccccc4)C(=O)NCC4CCCCC4)CC3)cc2)cc1. The van der Waals surface area contributed by atoms with Crippen LogP contribution in [0.2, 0.25) is 0 Å². The van der Waals surface area contributed by atoms with Gasteiger partial charge in [0.15, 0.2) is 0 Å². The Bertz CT molecular complexity index is 1400. The van der Waals surface area contributed by atoms with Crippen molar-refractivity contribution in [2.45, 2.75) is 64.1 Å². The van der Waals surface area contributed by atoms with Crippen LogP contribution in [0.15, 0.2) is 78.9 Å². The molecule has 0 bridgehead atoms. The third kappa shape index (κ3) is 9.73. The maximum Gasteiger partial charge on any atom is 0.317 e. The summed E-state index contributed by atoms with van der Waals surface area (Å²) in [7, 11) is -3.31. The molecule has 0 atom stereocenters. The molecule has 1 heterocycles. The van der Waals surface area contributed by atoms with Gasteiger partial charge >= 0.3 is 6.03 Å². The van der Waals surface area contributed by atoms with Crippen LogP contribution >= 0.6 is 0 Å². The van der Waals surface area contributed by atoms with E-state index in [1.807, 2.05) is 30.3 Å². The number of amides is 2. The lowest BCUT2D eigenvalue weighted by Crippen LogP contribution is -2.50. The van der Waals surface area contributed by atoms with Crippen LogP contribution in [-0.2, 0) is 23.1 Å². The topological polar surface area (TPSA) is 91.0 Å². The average Bonchev–Trinajstić information content (AvgIpc) is 3.01. The van der Waals surface area contributed by atoms with E-state index in [4.69, 9.17) is 4.74 Å². The van der Waals surface area contributed by atoms with Crippen LogP contribution in [0.3, 0.4) is 0 Å². The van der Waals surface area contributed by atoms with Crippen LogP contribution in [0.4, 0.5) is 10.5 Å². The Morgan fingerprint density at radius 2 is 1.47 bits per heavy atom. The highest BCUT2D eigenvalue weighted by Gasteiger charge is 2.28. The van der Waals surface area contributed by atoms with Crippen molar-refractivity contribution in [2.75, 3.05) is 30.6 Å². The molecule has 0 unspecified atom stereocenters. The summed E-state index contributed by atoms with van der Waals surface area (Å²) in [6, 6.07) is 25.5. The fourth-order valence-electron chi connectivity index (χ4n) is 6.12. The van der Waals surface area contributed by atoms with Gasteiger partial charge < -0.3 is 15.0 Å². The Morgan fingerprint density at radius 1 is 0.837 bits per heavy atom. The second-order valence-electron chi connectivity index (χ2n) is 12.0. The smallest absolute Gasteiger partial charge is 0.317 e. The summed E-state index contributed by atoms with van der Waals surface area (Å²) < 4.78 is 31.2. The second kappa shape index (κ2) is 14.8. The van der Waals surface area contributed by atoms with Crippen molar-refractivity contribution in [3.8, 4) is 11.5 Å². The number of benzene rings is 3. The third-order valence-corrected chi connectivity index (χ3v) is 9.05. The number of hydrogen-bond donors (Lipinski definition) is 2. The number of rotatable bonds is 11. The zero-order valence-corrected chi connectivity index (χ0v) is 25.9. The largest absolute Gasteiger partial charge is 0.457 e. The van der Waals surface area contributed by atoms with Crippen LogP contribution in [-0.4, -0.2) is 56.2 Å². The first-order chi connectivity index (χ1) is 20.8. The van der Waals surface area contributed by atoms with Crippen molar-refractivity contribution in [2.24, 2.45) is 5.92 Å². The number of nitrogens with zero attached hydrogens (tertiary/aromatic N) is 2. The minimum atomic E-state index is -3.31. The predicted octanol–water partition coefficient (Wildman–Crippen LogP) is 6.61. The monoisotopic (exact) mass is 604 g/mol. The number of likely N-dealkylation sites (tertiary alicyclic amines) is 1. The van der Waals surface area contributed by atoms with Crippen LogP contribution in [0.5, 0.6) is 11.5 Å². The first kappa shape index (κ1) is 30.9. The summed E-state index contributed by atoms with van der Waals surface area (Å²) in [6.45, 7) is 4.16. The zero-order chi connectivity index (χ0) is 30.1. The minimum absolute atomic E-state index is 0.0739. The number of sulfonamides is 1. The molecule has 9 heteroatoms. The van der Waals surface area contributed by atoms with E-state index in [1.54, 1.807) is 24.3 Å². The molecule has 43 heavy (non-hydrogen) atoms. The molecule has 5 rings (SSSR count). The molecule has 3 aromatic rings. The first-order valence-corrected chi connectivity index (χ1v) is 17.4. The van der Waals surface area contributed by atoms with Gasteiger partial charge in [-0.15, -0.1) is 0 Å².